The van der Waals surface area contributed by atoms with Crippen LogP contribution < -0.4 is 10.5 Å². The van der Waals surface area contributed by atoms with Gasteiger partial charge in [0.1, 0.15) is 11.5 Å². The maximum Gasteiger partial charge on any atom is 0.243 e. The fraction of sp³-hybridized carbons (Fsp3) is 0.409. The molecule has 30 heavy (non-hydrogen) atoms. The van der Waals surface area contributed by atoms with Crippen molar-refractivity contribution in [2.24, 2.45) is 11.7 Å². The molecular formula is C22H27N3O4S. The highest BCUT2D eigenvalue weighted by molar-refractivity contribution is 7.89. The Morgan fingerprint density at radius 3 is 2.27 bits per heavy atom. The molecule has 2 heterocycles. The van der Waals surface area contributed by atoms with E-state index in [0.717, 1.165) is 37.2 Å². The second-order valence-electron chi connectivity index (χ2n) is 8.03. The normalized spacial score (nSPS) is 19.4. The van der Waals surface area contributed by atoms with Crippen LogP contribution in [0.5, 0.6) is 11.5 Å². The molecule has 0 bridgehead atoms. The fourth-order valence-electron chi connectivity index (χ4n) is 4.02. The van der Waals surface area contributed by atoms with Gasteiger partial charge in [0.15, 0.2) is 0 Å². The number of likely N-dealkylation sites (tertiary alicyclic amines) is 1. The van der Waals surface area contributed by atoms with Crippen LogP contribution in [0.15, 0.2) is 53.4 Å². The number of para-hydroxylation sites is 1. The van der Waals surface area contributed by atoms with Gasteiger partial charge >= 0.3 is 0 Å². The summed E-state index contributed by atoms with van der Waals surface area (Å²) in [5.74, 6) is 1.06. The predicted molar refractivity (Wildman–Crippen MR) is 114 cm³/mol. The van der Waals surface area contributed by atoms with Crippen molar-refractivity contribution in [1.82, 2.24) is 9.21 Å². The van der Waals surface area contributed by atoms with Crippen molar-refractivity contribution >= 4 is 15.9 Å². The summed E-state index contributed by atoms with van der Waals surface area (Å²) in [5, 5.41) is 0. The van der Waals surface area contributed by atoms with E-state index in [-0.39, 0.29) is 22.8 Å². The Morgan fingerprint density at radius 2 is 1.67 bits per heavy atom. The highest BCUT2D eigenvalue weighted by atomic mass is 32.2. The van der Waals surface area contributed by atoms with Crippen LogP contribution in [0.1, 0.15) is 18.4 Å². The number of ether oxygens (including phenoxy) is 1. The minimum Gasteiger partial charge on any atom is -0.457 e. The van der Waals surface area contributed by atoms with Gasteiger partial charge in [-0.25, -0.2) is 8.42 Å². The average Bonchev–Trinajstić information content (AvgIpc) is 2.69. The molecule has 7 nitrogen and oxygen atoms in total. The third-order valence-electron chi connectivity index (χ3n) is 6.06. The number of primary amides is 1. The molecule has 2 aromatic carbocycles. The molecule has 2 saturated heterocycles. The number of sulfonamides is 1. The summed E-state index contributed by atoms with van der Waals surface area (Å²) in [4.78, 5) is 13.8. The number of nitrogens with two attached hydrogens (primary N) is 1. The Balaban J connectivity index is 1.34. The van der Waals surface area contributed by atoms with Gasteiger partial charge in [0, 0.05) is 25.0 Å². The van der Waals surface area contributed by atoms with E-state index in [1.807, 2.05) is 31.2 Å². The van der Waals surface area contributed by atoms with Gasteiger partial charge in [0.25, 0.3) is 0 Å². The fourth-order valence-corrected chi connectivity index (χ4v) is 5.53. The summed E-state index contributed by atoms with van der Waals surface area (Å²) < 4.78 is 33.2. The maximum atomic E-state index is 12.9. The molecule has 0 aromatic heterocycles. The van der Waals surface area contributed by atoms with Gasteiger partial charge in [-0.15, -0.1) is 0 Å². The standard InChI is InChI=1S/C22H27N3O4S/c1-16-4-2-3-5-21(16)29-19-6-8-20(9-7-19)30(27,28)25-14-18(15-25)24-12-10-17(11-13-24)22(23)26/h2-9,17-18H,10-15H2,1H3,(H2,23,26). The molecule has 2 N–H and O–H groups in total. The lowest BCUT2D eigenvalue weighted by Crippen LogP contribution is -2.62. The minimum absolute atomic E-state index is 0.0541. The Hall–Kier alpha value is -2.42. The molecular weight excluding hydrogens is 402 g/mol. The summed E-state index contributed by atoms with van der Waals surface area (Å²) in [7, 11) is -3.52. The minimum atomic E-state index is -3.52. The van der Waals surface area contributed by atoms with Crippen molar-refractivity contribution in [2.45, 2.75) is 30.7 Å². The van der Waals surface area contributed by atoms with E-state index in [9.17, 15) is 13.2 Å². The van der Waals surface area contributed by atoms with E-state index in [2.05, 4.69) is 4.90 Å². The largest absolute Gasteiger partial charge is 0.457 e. The zero-order valence-electron chi connectivity index (χ0n) is 17.0. The number of hydrogen-bond donors (Lipinski definition) is 1. The van der Waals surface area contributed by atoms with Crippen molar-refractivity contribution in [2.75, 3.05) is 26.2 Å². The molecule has 0 spiro atoms. The summed E-state index contributed by atoms with van der Waals surface area (Å²) in [6.07, 6.45) is 1.50. The van der Waals surface area contributed by atoms with Crippen LogP contribution in [0.2, 0.25) is 0 Å². The summed E-state index contributed by atoms with van der Waals surface area (Å²) in [6.45, 7) is 4.50. The monoisotopic (exact) mass is 429 g/mol. The number of carbonyl (C=O) groups excluding carboxylic acids is 1. The molecule has 0 radical (unpaired) electrons. The molecule has 1 amide bonds. The first kappa shape index (κ1) is 20.8. The van der Waals surface area contributed by atoms with Crippen LogP contribution in [0, 0.1) is 12.8 Å². The molecule has 2 aliphatic rings. The SMILES string of the molecule is Cc1ccccc1Oc1ccc(S(=O)(=O)N2CC(N3CCC(C(N)=O)CC3)C2)cc1. The summed E-state index contributed by atoms with van der Waals surface area (Å²) in [6, 6.07) is 14.4. The topological polar surface area (TPSA) is 92.9 Å². The molecule has 2 aliphatic heterocycles. The number of aryl methyl sites for hydroxylation is 1. The van der Waals surface area contributed by atoms with Crippen molar-refractivity contribution in [1.29, 1.82) is 0 Å². The molecule has 2 fully saturated rings. The molecule has 2 aromatic rings. The quantitative estimate of drug-likeness (QED) is 0.761. The third-order valence-corrected chi connectivity index (χ3v) is 7.91. The van der Waals surface area contributed by atoms with Crippen LogP contribution in [0.25, 0.3) is 0 Å². The van der Waals surface area contributed by atoms with Gasteiger partial charge < -0.3 is 10.5 Å². The highest BCUT2D eigenvalue weighted by Gasteiger charge is 2.40. The first-order valence-electron chi connectivity index (χ1n) is 10.2. The van der Waals surface area contributed by atoms with Crippen molar-refractivity contribution in [3.63, 3.8) is 0 Å². The second kappa shape index (κ2) is 8.37. The molecule has 0 atom stereocenters. The number of amides is 1. The van der Waals surface area contributed by atoms with Gasteiger partial charge in [0.2, 0.25) is 15.9 Å². The first-order valence-corrected chi connectivity index (χ1v) is 11.7. The van der Waals surface area contributed by atoms with Gasteiger partial charge in [0.05, 0.1) is 4.90 Å². The van der Waals surface area contributed by atoms with Crippen LogP contribution in [-0.4, -0.2) is 55.8 Å². The van der Waals surface area contributed by atoms with E-state index < -0.39 is 10.0 Å². The van der Waals surface area contributed by atoms with Crippen LogP contribution in [0.3, 0.4) is 0 Å². The van der Waals surface area contributed by atoms with E-state index in [0.29, 0.717) is 18.8 Å². The highest BCUT2D eigenvalue weighted by Crippen LogP contribution is 2.30. The number of benzene rings is 2. The second-order valence-corrected chi connectivity index (χ2v) is 9.97. The number of rotatable bonds is 6. The Bertz CT molecular complexity index is 1010. The lowest BCUT2D eigenvalue weighted by Gasteiger charge is -2.46. The van der Waals surface area contributed by atoms with Crippen LogP contribution in [-0.2, 0) is 14.8 Å². The molecule has 0 saturated carbocycles. The van der Waals surface area contributed by atoms with Crippen molar-refractivity contribution in [3.05, 3.63) is 54.1 Å². The predicted octanol–water partition coefficient (Wildman–Crippen LogP) is 2.36. The molecule has 4 rings (SSSR count). The smallest absolute Gasteiger partial charge is 0.243 e. The molecule has 0 aliphatic carbocycles. The Morgan fingerprint density at radius 1 is 1.03 bits per heavy atom. The number of piperidine rings is 1. The molecule has 8 heteroatoms. The Labute approximate surface area is 177 Å². The summed E-state index contributed by atoms with van der Waals surface area (Å²) in [5.41, 5.74) is 6.40. The van der Waals surface area contributed by atoms with E-state index in [1.54, 1.807) is 24.3 Å². The lowest BCUT2D eigenvalue weighted by molar-refractivity contribution is -0.123. The van der Waals surface area contributed by atoms with E-state index in [4.69, 9.17) is 10.5 Å². The number of carbonyl (C=O) groups is 1. The number of hydrogen-bond acceptors (Lipinski definition) is 5. The van der Waals surface area contributed by atoms with Crippen LogP contribution >= 0.6 is 0 Å². The van der Waals surface area contributed by atoms with Crippen LogP contribution in [0.4, 0.5) is 0 Å². The number of nitrogens with zero attached hydrogens (tertiary/aromatic N) is 2. The van der Waals surface area contributed by atoms with Crippen molar-refractivity contribution < 1.29 is 17.9 Å². The van der Waals surface area contributed by atoms with Gasteiger partial charge in [-0.2, -0.15) is 4.31 Å². The van der Waals surface area contributed by atoms with Gasteiger partial charge in [-0.05, 0) is 68.8 Å². The van der Waals surface area contributed by atoms with Gasteiger partial charge in [-0.3, -0.25) is 9.69 Å². The van der Waals surface area contributed by atoms with Crippen molar-refractivity contribution in [3.8, 4) is 11.5 Å². The maximum absolute atomic E-state index is 12.9. The van der Waals surface area contributed by atoms with E-state index >= 15 is 0 Å². The zero-order valence-corrected chi connectivity index (χ0v) is 17.8. The first-order chi connectivity index (χ1) is 14.3. The lowest BCUT2D eigenvalue weighted by atomic mass is 9.94. The zero-order chi connectivity index (χ0) is 21.3. The Kier molecular flexibility index (Phi) is 5.81. The molecule has 0 unspecified atom stereocenters. The third kappa shape index (κ3) is 4.21. The van der Waals surface area contributed by atoms with E-state index in [1.165, 1.54) is 4.31 Å². The average molecular weight is 430 g/mol. The van der Waals surface area contributed by atoms with Gasteiger partial charge in [-0.1, -0.05) is 18.2 Å². The molecule has 160 valence electrons. The summed E-state index contributed by atoms with van der Waals surface area (Å²) >= 11 is 0.